The highest BCUT2D eigenvalue weighted by Gasteiger charge is 2.26. The molecule has 2 aromatic rings. The minimum atomic E-state index is -0.720. The molecule has 0 spiro atoms. The van der Waals surface area contributed by atoms with Crippen molar-refractivity contribution in [2.75, 3.05) is 12.8 Å². The number of ether oxygens (including phenoxy) is 2. The molecule has 0 fully saturated rings. The summed E-state index contributed by atoms with van der Waals surface area (Å²) in [5.41, 5.74) is 5.82. The zero-order valence-electron chi connectivity index (χ0n) is 14.8. The number of rotatable bonds is 3. The van der Waals surface area contributed by atoms with E-state index >= 15 is 0 Å². The van der Waals surface area contributed by atoms with Gasteiger partial charge in [0.2, 0.25) is 0 Å². The summed E-state index contributed by atoms with van der Waals surface area (Å²) >= 11 is 3.33. The van der Waals surface area contributed by atoms with Crippen LogP contribution in [0.25, 0.3) is 5.69 Å². The van der Waals surface area contributed by atoms with Crippen molar-refractivity contribution in [1.29, 1.82) is 5.26 Å². The maximum atomic E-state index is 12.6. The summed E-state index contributed by atoms with van der Waals surface area (Å²) in [6, 6.07) is 6.82. The zero-order valence-corrected chi connectivity index (χ0v) is 16.4. The quantitative estimate of drug-likeness (QED) is 0.763. The molecule has 0 saturated heterocycles. The molecule has 1 aromatic carbocycles. The van der Waals surface area contributed by atoms with Gasteiger partial charge in [-0.25, -0.2) is 9.59 Å². The first-order valence-corrected chi connectivity index (χ1v) is 8.41. The molecule has 7 nitrogen and oxygen atoms in total. The van der Waals surface area contributed by atoms with Gasteiger partial charge in [-0.15, -0.1) is 0 Å². The maximum Gasteiger partial charge on any atom is 0.357 e. The van der Waals surface area contributed by atoms with Gasteiger partial charge < -0.3 is 19.8 Å². The Bertz CT molecular complexity index is 920. The van der Waals surface area contributed by atoms with Crippen LogP contribution < -0.4 is 5.73 Å². The van der Waals surface area contributed by atoms with E-state index in [1.54, 1.807) is 39.0 Å². The van der Waals surface area contributed by atoms with Crippen LogP contribution in [-0.4, -0.2) is 29.2 Å². The molecule has 0 aliphatic heterocycles. The molecule has 0 radical (unpaired) electrons. The number of nitrogen functional groups attached to an aromatic ring is 1. The lowest BCUT2D eigenvalue weighted by atomic mass is 10.1. The predicted molar refractivity (Wildman–Crippen MR) is 99.1 cm³/mol. The van der Waals surface area contributed by atoms with Crippen molar-refractivity contribution >= 4 is 33.6 Å². The SMILES string of the molecule is COC(=O)c1c(N)c(C#N)cn1-c1ccc(Br)cc1C(=O)OC(C)(C)C. The van der Waals surface area contributed by atoms with E-state index < -0.39 is 17.5 Å². The predicted octanol–water partition coefficient (Wildman–Crippen LogP) is 3.44. The molecule has 0 aliphatic carbocycles. The van der Waals surface area contributed by atoms with E-state index in [1.165, 1.54) is 17.9 Å². The molecule has 2 N–H and O–H groups in total. The van der Waals surface area contributed by atoms with Gasteiger partial charge in [0.25, 0.3) is 0 Å². The maximum absolute atomic E-state index is 12.6. The molecule has 26 heavy (non-hydrogen) atoms. The third-order valence-electron chi connectivity index (χ3n) is 3.38. The van der Waals surface area contributed by atoms with E-state index in [1.807, 2.05) is 6.07 Å². The summed E-state index contributed by atoms with van der Waals surface area (Å²) in [5.74, 6) is -1.29. The number of nitriles is 1. The van der Waals surface area contributed by atoms with Crippen LogP contribution in [0.5, 0.6) is 0 Å². The highest BCUT2D eigenvalue weighted by Crippen LogP contribution is 2.29. The second kappa shape index (κ2) is 7.22. The van der Waals surface area contributed by atoms with E-state index in [0.717, 1.165) is 0 Å². The molecule has 0 bridgehead atoms. The van der Waals surface area contributed by atoms with Crippen LogP contribution in [0.2, 0.25) is 0 Å². The summed E-state index contributed by atoms with van der Waals surface area (Å²) in [5, 5.41) is 9.24. The van der Waals surface area contributed by atoms with Crippen molar-refractivity contribution in [2.45, 2.75) is 26.4 Å². The Labute approximate surface area is 159 Å². The number of esters is 2. The molecule has 8 heteroatoms. The fraction of sp³-hybridized carbons (Fsp3) is 0.278. The summed E-state index contributed by atoms with van der Waals surface area (Å²) in [7, 11) is 1.21. The van der Waals surface area contributed by atoms with Crippen molar-refractivity contribution in [3.8, 4) is 11.8 Å². The third kappa shape index (κ3) is 3.89. The van der Waals surface area contributed by atoms with Crippen LogP contribution in [0.3, 0.4) is 0 Å². The second-order valence-electron chi connectivity index (χ2n) is 6.44. The molecule has 0 saturated carbocycles. The summed E-state index contributed by atoms with van der Waals surface area (Å²) in [6.45, 7) is 5.26. The lowest BCUT2D eigenvalue weighted by Crippen LogP contribution is -2.25. The van der Waals surface area contributed by atoms with Gasteiger partial charge in [-0.1, -0.05) is 15.9 Å². The molecular formula is C18H18BrN3O4. The van der Waals surface area contributed by atoms with Gasteiger partial charge in [0.15, 0.2) is 5.69 Å². The highest BCUT2D eigenvalue weighted by atomic mass is 79.9. The minimum absolute atomic E-state index is 0.0163. The number of carbonyl (C=O) groups excluding carboxylic acids is 2. The van der Waals surface area contributed by atoms with Gasteiger partial charge >= 0.3 is 11.9 Å². The topological polar surface area (TPSA) is 107 Å². The van der Waals surface area contributed by atoms with Gasteiger partial charge in [-0.05, 0) is 39.0 Å². The molecule has 0 amide bonds. The molecule has 1 heterocycles. The van der Waals surface area contributed by atoms with Gasteiger partial charge in [-0.3, -0.25) is 0 Å². The van der Waals surface area contributed by atoms with Crippen LogP contribution in [0.1, 0.15) is 47.2 Å². The first kappa shape index (κ1) is 19.5. The fourth-order valence-electron chi connectivity index (χ4n) is 2.32. The standard InChI is InChI=1S/C18H18BrN3O4/c1-18(2,3)26-16(23)12-7-11(19)5-6-13(12)22-9-10(8-20)14(21)15(22)17(24)25-4/h5-7,9H,21H2,1-4H3. The summed E-state index contributed by atoms with van der Waals surface area (Å²) in [6.07, 6.45) is 1.39. The Morgan fingerprint density at radius 1 is 1.27 bits per heavy atom. The van der Waals surface area contributed by atoms with Crippen molar-refractivity contribution in [3.63, 3.8) is 0 Å². The zero-order chi connectivity index (χ0) is 19.6. The summed E-state index contributed by atoms with van der Waals surface area (Å²) in [4.78, 5) is 24.8. The van der Waals surface area contributed by atoms with E-state index in [9.17, 15) is 14.9 Å². The van der Waals surface area contributed by atoms with Gasteiger partial charge in [0.05, 0.1) is 29.6 Å². The number of halogens is 1. The average Bonchev–Trinajstić information content (AvgIpc) is 2.89. The number of anilines is 1. The highest BCUT2D eigenvalue weighted by molar-refractivity contribution is 9.10. The smallest absolute Gasteiger partial charge is 0.357 e. The Kier molecular flexibility index (Phi) is 5.42. The largest absolute Gasteiger partial charge is 0.464 e. The lowest BCUT2D eigenvalue weighted by molar-refractivity contribution is 0.00691. The van der Waals surface area contributed by atoms with Gasteiger partial charge in [-0.2, -0.15) is 5.26 Å². The molecule has 0 aliphatic rings. The van der Waals surface area contributed by atoms with Crippen molar-refractivity contribution in [3.05, 3.63) is 45.7 Å². The molecule has 0 atom stereocenters. The number of hydrogen-bond donors (Lipinski definition) is 1. The Balaban J connectivity index is 2.72. The van der Waals surface area contributed by atoms with E-state index in [2.05, 4.69) is 15.9 Å². The number of aromatic nitrogens is 1. The average molecular weight is 420 g/mol. The number of nitrogens with two attached hydrogens (primary N) is 1. The van der Waals surface area contributed by atoms with Gasteiger partial charge in [0, 0.05) is 10.7 Å². The number of hydrogen-bond acceptors (Lipinski definition) is 6. The molecule has 136 valence electrons. The van der Waals surface area contributed by atoms with Gasteiger partial charge in [0.1, 0.15) is 11.7 Å². The molecule has 2 rings (SSSR count). The van der Waals surface area contributed by atoms with Crippen LogP contribution in [0.15, 0.2) is 28.9 Å². The van der Waals surface area contributed by atoms with Crippen molar-refractivity contribution < 1.29 is 19.1 Å². The van der Waals surface area contributed by atoms with E-state index in [4.69, 9.17) is 15.2 Å². The van der Waals surface area contributed by atoms with Crippen LogP contribution in [0.4, 0.5) is 5.69 Å². The molecule has 0 unspecified atom stereocenters. The minimum Gasteiger partial charge on any atom is -0.464 e. The second-order valence-corrected chi connectivity index (χ2v) is 7.36. The third-order valence-corrected chi connectivity index (χ3v) is 3.87. The van der Waals surface area contributed by atoms with E-state index in [-0.39, 0.29) is 22.5 Å². The Morgan fingerprint density at radius 3 is 2.46 bits per heavy atom. The molecular weight excluding hydrogens is 402 g/mol. The first-order chi connectivity index (χ1) is 12.1. The van der Waals surface area contributed by atoms with E-state index in [0.29, 0.717) is 10.2 Å². The first-order valence-electron chi connectivity index (χ1n) is 7.61. The number of benzene rings is 1. The monoisotopic (exact) mass is 419 g/mol. The lowest BCUT2D eigenvalue weighted by Gasteiger charge is -2.21. The number of nitrogens with zero attached hydrogens (tertiary/aromatic N) is 2. The Morgan fingerprint density at radius 2 is 1.92 bits per heavy atom. The van der Waals surface area contributed by atoms with Crippen molar-refractivity contribution in [1.82, 2.24) is 4.57 Å². The normalized spacial score (nSPS) is 10.9. The molecule has 1 aromatic heterocycles. The van der Waals surface area contributed by atoms with Crippen LogP contribution >= 0.6 is 15.9 Å². The number of carbonyl (C=O) groups is 2. The summed E-state index contributed by atoms with van der Waals surface area (Å²) < 4.78 is 12.2. The fourth-order valence-corrected chi connectivity index (χ4v) is 2.68. The van der Waals surface area contributed by atoms with Crippen LogP contribution in [0, 0.1) is 11.3 Å². The number of methoxy groups -OCH3 is 1. The Hall–Kier alpha value is -2.79. The van der Waals surface area contributed by atoms with Crippen molar-refractivity contribution in [2.24, 2.45) is 0 Å². The van der Waals surface area contributed by atoms with Crippen LogP contribution in [-0.2, 0) is 9.47 Å².